The lowest BCUT2D eigenvalue weighted by molar-refractivity contribution is 0.261. The van der Waals surface area contributed by atoms with Crippen molar-refractivity contribution in [1.82, 2.24) is 9.27 Å². The fourth-order valence-corrected chi connectivity index (χ4v) is 7.95. The average Bonchev–Trinajstić information content (AvgIpc) is 3.40. The van der Waals surface area contributed by atoms with Gasteiger partial charge >= 0.3 is 0 Å². The maximum absolute atomic E-state index is 14.1. The first-order chi connectivity index (χ1) is 19.3. The second kappa shape index (κ2) is 12.0. The maximum atomic E-state index is 14.1. The van der Waals surface area contributed by atoms with Gasteiger partial charge in [0.05, 0.1) is 24.6 Å². The summed E-state index contributed by atoms with van der Waals surface area (Å²) in [5.74, 6) is 1.83. The van der Waals surface area contributed by atoms with Crippen LogP contribution < -0.4 is 18.7 Å². The highest BCUT2D eigenvalue weighted by molar-refractivity contribution is 7.93. The van der Waals surface area contributed by atoms with Crippen molar-refractivity contribution < 1.29 is 17.9 Å². The van der Waals surface area contributed by atoms with Crippen molar-refractivity contribution in [2.45, 2.75) is 31.2 Å². The number of para-hydroxylation sites is 1. The number of aromatic nitrogens is 1. The molecule has 0 N–H and O–H groups in total. The molecule has 1 aliphatic heterocycles. The molecule has 0 atom stereocenters. The van der Waals surface area contributed by atoms with Gasteiger partial charge in [-0.1, -0.05) is 30.3 Å². The van der Waals surface area contributed by atoms with Crippen LogP contribution in [-0.2, 0) is 16.4 Å². The molecule has 1 aliphatic rings. The van der Waals surface area contributed by atoms with Crippen molar-refractivity contribution in [3.05, 3.63) is 72.3 Å². The van der Waals surface area contributed by atoms with Crippen molar-refractivity contribution >= 4 is 43.1 Å². The minimum atomic E-state index is -3.94. The molecular formula is C30H36N4O4S2. The van der Waals surface area contributed by atoms with E-state index in [9.17, 15) is 8.42 Å². The third-order valence-corrected chi connectivity index (χ3v) is 10.2. The normalized spacial score (nSPS) is 14.6. The number of ether oxygens (including phenoxy) is 2. The molecule has 0 saturated carbocycles. The van der Waals surface area contributed by atoms with Crippen LogP contribution in [0.3, 0.4) is 0 Å². The molecule has 4 aromatic rings. The van der Waals surface area contributed by atoms with Crippen molar-refractivity contribution in [2.24, 2.45) is 0 Å². The Morgan fingerprint density at radius 1 is 0.950 bits per heavy atom. The van der Waals surface area contributed by atoms with Gasteiger partial charge in [0.15, 0.2) is 0 Å². The van der Waals surface area contributed by atoms with Gasteiger partial charge in [0.2, 0.25) is 0 Å². The van der Waals surface area contributed by atoms with Crippen LogP contribution in [0.1, 0.15) is 19.4 Å². The van der Waals surface area contributed by atoms with Crippen molar-refractivity contribution in [3.63, 3.8) is 0 Å². The Morgan fingerprint density at radius 2 is 1.68 bits per heavy atom. The zero-order chi connectivity index (χ0) is 28.3. The Balaban J connectivity index is 1.33. The molecule has 10 heteroatoms. The van der Waals surface area contributed by atoms with Crippen LogP contribution in [0, 0.1) is 0 Å². The summed E-state index contributed by atoms with van der Waals surface area (Å²) < 4.78 is 46.4. The van der Waals surface area contributed by atoms with E-state index < -0.39 is 10.0 Å². The monoisotopic (exact) mass is 580 g/mol. The summed E-state index contributed by atoms with van der Waals surface area (Å²) in [5.41, 5.74) is 1.68. The minimum Gasteiger partial charge on any atom is -0.497 e. The minimum absolute atomic E-state index is 0.0866. The van der Waals surface area contributed by atoms with E-state index in [2.05, 4.69) is 34.1 Å². The molecule has 3 aromatic carbocycles. The summed E-state index contributed by atoms with van der Waals surface area (Å²) in [5, 5.41) is 1.22. The molecule has 0 amide bonds. The molecule has 1 fully saturated rings. The molecule has 40 heavy (non-hydrogen) atoms. The quantitative estimate of drug-likeness (QED) is 0.253. The third-order valence-electron chi connectivity index (χ3n) is 7.33. The second-order valence-corrected chi connectivity index (χ2v) is 12.7. The molecule has 0 spiro atoms. The average molecular weight is 581 g/mol. The number of nitrogens with zero attached hydrogens (tertiary/aromatic N) is 4. The zero-order valence-corrected chi connectivity index (χ0v) is 25.0. The Hall–Kier alpha value is -3.34. The van der Waals surface area contributed by atoms with E-state index >= 15 is 0 Å². The van der Waals surface area contributed by atoms with Gasteiger partial charge in [-0.25, -0.2) is 8.42 Å². The molecular weight excluding hydrogens is 544 g/mol. The largest absolute Gasteiger partial charge is 0.497 e. The van der Waals surface area contributed by atoms with Crippen LogP contribution in [0.15, 0.2) is 71.6 Å². The number of anilines is 2. The molecule has 8 nitrogen and oxygen atoms in total. The molecule has 2 heterocycles. The Labute approximate surface area is 241 Å². The van der Waals surface area contributed by atoms with Crippen molar-refractivity contribution in [2.75, 3.05) is 56.1 Å². The topological polar surface area (TPSA) is 75.2 Å². The maximum Gasteiger partial charge on any atom is 0.268 e. The van der Waals surface area contributed by atoms with E-state index in [0.29, 0.717) is 11.4 Å². The van der Waals surface area contributed by atoms with Crippen LogP contribution in [0.25, 0.3) is 10.1 Å². The number of hydrogen-bond acceptors (Lipinski definition) is 8. The number of piperazine rings is 1. The molecule has 0 bridgehead atoms. The first kappa shape index (κ1) is 28.2. The molecule has 5 rings (SSSR count). The molecule has 1 aromatic heterocycles. The Morgan fingerprint density at radius 3 is 2.40 bits per heavy atom. The van der Waals surface area contributed by atoms with Crippen LogP contribution >= 0.6 is 11.5 Å². The molecule has 0 aliphatic carbocycles. The second-order valence-electron chi connectivity index (χ2n) is 10.1. The van der Waals surface area contributed by atoms with E-state index in [1.54, 1.807) is 23.7 Å². The summed E-state index contributed by atoms with van der Waals surface area (Å²) in [6.45, 7) is 8.32. The standard InChI is InChI=1S/C30H36N4O4S2/c1-22(2)34(40(35,36)29-21-24(37-3)13-14-27(29)38-4)26-11-7-5-9-23(26)15-16-32-17-19-33(20-18-32)30-25-10-6-8-12-28(25)39-31-30/h5-14,21-22H,15-20H2,1-4H3. The van der Waals surface area contributed by atoms with Gasteiger partial charge in [-0.05, 0) is 67.7 Å². The van der Waals surface area contributed by atoms with Gasteiger partial charge in [0, 0.05) is 50.2 Å². The molecule has 212 valence electrons. The number of methoxy groups -OCH3 is 2. The highest BCUT2D eigenvalue weighted by Gasteiger charge is 2.32. The lowest BCUT2D eigenvalue weighted by atomic mass is 10.1. The van der Waals surface area contributed by atoms with Gasteiger partial charge in [0.1, 0.15) is 22.2 Å². The van der Waals surface area contributed by atoms with Gasteiger partial charge in [-0.3, -0.25) is 9.21 Å². The first-order valence-corrected chi connectivity index (χ1v) is 15.7. The number of hydrogen-bond donors (Lipinski definition) is 0. The summed E-state index contributed by atoms with van der Waals surface area (Å²) in [6.07, 6.45) is 0.740. The predicted octanol–water partition coefficient (Wildman–Crippen LogP) is 5.28. The number of rotatable bonds is 10. The van der Waals surface area contributed by atoms with Gasteiger partial charge < -0.3 is 14.4 Å². The van der Waals surface area contributed by atoms with Gasteiger partial charge in [-0.15, -0.1) is 0 Å². The summed E-state index contributed by atoms with van der Waals surface area (Å²) in [4.78, 5) is 4.91. The first-order valence-electron chi connectivity index (χ1n) is 13.5. The van der Waals surface area contributed by atoms with Gasteiger partial charge in [-0.2, -0.15) is 4.37 Å². The smallest absolute Gasteiger partial charge is 0.268 e. The number of benzene rings is 3. The van der Waals surface area contributed by atoms with E-state index in [4.69, 9.17) is 13.8 Å². The Bertz CT molecular complexity index is 1560. The van der Waals surface area contributed by atoms with Gasteiger partial charge in [0.25, 0.3) is 10.0 Å². The molecule has 0 unspecified atom stereocenters. The lowest BCUT2D eigenvalue weighted by Gasteiger charge is -2.35. The van der Waals surface area contributed by atoms with E-state index in [1.807, 2.05) is 38.1 Å². The van der Waals surface area contributed by atoms with Crippen LogP contribution in [-0.4, -0.2) is 70.7 Å². The molecule has 0 radical (unpaired) electrons. The fraction of sp³-hybridized carbons (Fsp3) is 0.367. The summed E-state index contributed by atoms with van der Waals surface area (Å²) >= 11 is 1.55. The van der Waals surface area contributed by atoms with Crippen molar-refractivity contribution in [3.8, 4) is 11.5 Å². The van der Waals surface area contributed by atoms with E-state index in [-0.39, 0.29) is 16.7 Å². The van der Waals surface area contributed by atoms with Crippen LogP contribution in [0.5, 0.6) is 11.5 Å². The SMILES string of the molecule is COc1ccc(OC)c(S(=O)(=O)N(c2ccccc2CCN2CCN(c3nsc4ccccc34)CC2)C(C)C)c1. The van der Waals surface area contributed by atoms with E-state index in [0.717, 1.165) is 50.5 Å². The highest BCUT2D eigenvalue weighted by atomic mass is 32.2. The number of sulfonamides is 1. The van der Waals surface area contributed by atoms with Crippen LogP contribution in [0.4, 0.5) is 11.5 Å². The van der Waals surface area contributed by atoms with E-state index in [1.165, 1.54) is 34.7 Å². The highest BCUT2D eigenvalue weighted by Crippen LogP contribution is 2.36. The lowest BCUT2D eigenvalue weighted by Crippen LogP contribution is -2.47. The number of fused-ring (bicyclic) bond motifs is 1. The predicted molar refractivity (Wildman–Crippen MR) is 163 cm³/mol. The zero-order valence-electron chi connectivity index (χ0n) is 23.4. The summed E-state index contributed by atoms with van der Waals surface area (Å²) in [7, 11) is -0.945. The fourth-order valence-electron chi connectivity index (χ4n) is 5.28. The summed E-state index contributed by atoms with van der Waals surface area (Å²) in [6, 6.07) is 20.7. The molecule has 1 saturated heterocycles. The van der Waals surface area contributed by atoms with Crippen LogP contribution in [0.2, 0.25) is 0 Å². The van der Waals surface area contributed by atoms with Crippen molar-refractivity contribution in [1.29, 1.82) is 0 Å². The third kappa shape index (κ3) is 5.61. The Kier molecular flexibility index (Phi) is 8.48.